The van der Waals surface area contributed by atoms with E-state index in [0.29, 0.717) is 17.0 Å². The molecular weight excluding hydrogens is 237 g/mol. The molecule has 17 heavy (non-hydrogen) atoms. The van der Waals surface area contributed by atoms with E-state index in [0.717, 1.165) is 18.0 Å². The van der Waals surface area contributed by atoms with Gasteiger partial charge in [0.25, 0.3) is 0 Å². The highest BCUT2D eigenvalue weighted by Gasteiger charge is 2.25. The fourth-order valence-corrected chi connectivity index (χ4v) is 2.71. The minimum Gasteiger partial charge on any atom is -0.381 e. The Morgan fingerprint density at radius 2 is 2.06 bits per heavy atom. The summed E-state index contributed by atoms with van der Waals surface area (Å²) in [6.45, 7) is 4.52. The quantitative estimate of drug-likeness (QED) is 0.807. The maximum absolute atomic E-state index is 13.2. The lowest BCUT2D eigenvalue weighted by Crippen LogP contribution is -2.33. The molecule has 1 fully saturated rings. The van der Waals surface area contributed by atoms with Crippen molar-refractivity contribution in [3.05, 3.63) is 29.0 Å². The van der Waals surface area contributed by atoms with Crippen LogP contribution in [0.2, 0.25) is 5.02 Å². The minimum atomic E-state index is -0.242. The molecule has 0 amide bonds. The van der Waals surface area contributed by atoms with E-state index in [1.54, 1.807) is 6.07 Å². The molecule has 3 atom stereocenters. The fraction of sp³-hybridized carbons (Fsp3) is 0.571. The molecule has 0 heterocycles. The normalized spacial score (nSPS) is 29.1. The van der Waals surface area contributed by atoms with Crippen LogP contribution >= 0.6 is 11.6 Å². The first-order valence-corrected chi connectivity index (χ1v) is 6.65. The third kappa shape index (κ3) is 3.12. The standard InChI is InChI=1S/C14H19ClFN/c1-9-3-4-10(2)13(7-9)17-14-8-11(16)5-6-12(14)15/h5-6,8-10,13,17H,3-4,7H2,1-2H3. The van der Waals surface area contributed by atoms with Crippen LogP contribution in [-0.2, 0) is 0 Å². The molecule has 0 bridgehead atoms. The molecule has 0 spiro atoms. The SMILES string of the molecule is CC1CCC(C)C(Nc2cc(F)ccc2Cl)C1. The van der Waals surface area contributed by atoms with Gasteiger partial charge in [0.1, 0.15) is 5.82 Å². The molecule has 0 radical (unpaired) electrons. The first-order valence-electron chi connectivity index (χ1n) is 6.28. The number of hydrogen-bond acceptors (Lipinski definition) is 1. The van der Waals surface area contributed by atoms with Gasteiger partial charge in [-0.05, 0) is 42.9 Å². The second-order valence-corrected chi connectivity index (χ2v) is 5.68. The Balaban J connectivity index is 2.11. The lowest BCUT2D eigenvalue weighted by Gasteiger charge is -2.34. The molecule has 3 heteroatoms. The van der Waals surface area contributed by atoms with Crippen molar-refractivity contribution in [3.63, 3.8) is 0 Å². The Hall–Kier alpha value is -0.760. The van der Waals surface area contributed by atoms with Crippen molar-refractivity contribution < 1.29 is 4.39 Å². The summed E-state index contributed by atoms with van der Waals surface area (Å²) in [5.41, 5.74) is 0.720. The van der Waals surface area contributed by atoms with Gasteiger partial charge in [-0.15, -0.1) is 0 Å². The Kier molecular flexibility index (Phi) is 3.93. The smallest absolute Gasteiger partial charge is 0.125 e. The number of benzene rings is 1. The van der Waals surface area contributed by atoms with Crippen LogP contribution in [0.4, 0.5) is 10.1 Å². The van der Waals surface area contributed by atoms with Crippen LogP contribution in [0, 0.1) is 17.7 Å². The summed E-state index contributed by atoms with van der Waals surface area (Å²) >= 11 is 6.07. The van der Waals surface area contributed by atoms with E-state index in [2.05, 4.69) is 19.2 Å². The van der Waals surface area contributed by atoms with E-state index in [-0.39, 0.29) is 5.82 Å². The molecule has 0 saturated heterocycles. The van der Waals surface area contributed by atoms with E-state index in [1.165, 1.54) is 25.0 Å². The number of halogens is 2. The topological polar surface area (TPSA) is 12.0 Å². The average molecular weight is 256 g/mol. The number of rotatable bonds is 2. The third-order valence-electron chi connectivity index (χ3n) is 3.73. The van der Waals surface area contributed by atoms with Gasteiger partial charge in [0, 0.05) is 6.04 Å². The summed E-state index contributed by atoms with van der Waals surface area (Å²) in [7, 11) is 0. The van der Waals surface area contributed by atoms with Gasteiger partial charge >= 0.3 is 0 Å². The van der Waals surface area contributed by atoms with Gasteiger partial charge in [0.2, 0.25) is 0 Å². The van der Waals surface area contributed by atoms with Gasteiger partial charge in [-0.25, -0.2) is 4.39 Å². The third-order valence-corrected chi connectivity index (χ3v) is 4.06. The van der Waals surface area contributed by atoms with E-state index >= 15 is 0 Å². The van der Waals surface area contributed by atoms with Gasteiger partial charge < -0.3 is 5.32 Å². The first-order chi connectivity index (χ1) is 8.06. The highest BCUT2D eigenvalue weighted by atomic mass is 35.5. The first kappa shape index (κ1) is 12.7. The van der Waals surface area contributed by atoms with Crippen LogP contribution < -0.4 is 5.32 Å². The average Bonchev–Trinajstić information content (AvgIpc) is 2.28. The van der Waals surface area contributed by atoms with Crippen molar-refractivity contribution in [3.8, 4) is 0 Å². The molecule has 1 aliphatic carbocycles. The van der Waals surface area contributed by atoms with Crippen LogP contribution in [0.15, 0.2) is 18.2 Å². The summed E-state index contributed by atoms with van der Waals surface area (Å²) in [5, 5.41) is 3.99. The lowest BCUT2D eigenvalue weighted by molar-refractivity contribution is 0.280. The molecule has 1 aromatic carbocycles. The highest BCUT2D eigenvalue weighted by molar-refractivity contribution is 6.33. The Morgan fingerprint density at radius 3 is 2.82 bits per heavy atom. The number of anilines is 1. The summed E-state index contributed by atoms with van der Waals surface area (Å²) in [5.74, 6) is 1.11. The summed E-state index contributed by atoms with van der Waals surface area (Å²) in [6.07, 6.45) is 3.65. The molecule has 1 saturated carbocycles. The summed E-state index contributed by atoms with van der Waals surface area (Å²) in [4.78, 5) is 0. The molecule has 1 N–H and O–H groups in total. The van der Waals surface area contributed by atoms with Crippen molar-refractivity contribution >= 4 is 17.3 Å². The zero-order chi connectivity index (χ0) is 12.4. The van der Waals surface area contributed by atoms with Crippen molar-refractivity contribution in [1.29, 1.82) is 0 Å². The zero-order valence-electron chi connectivity index (χ0n) is 10.3. The van der Waals surface area contributed by atoms with Gasteiger partial charge in [-0.1, -0.05) is 31.9 Å². The highest BCUT2D eigenvalue weighted by Crippen LogP contribution is 2.32. The fourth-order valence-electron chi connectivity index (χ4n) is 2.54. The van der Waals surface area contributed by atoms with Gasteiger partial charge in [0.05, 0.1) is 10.7 Å². The van der Waals surface area contributed by atoms with Crippen LogP contribution in [-0.4, -0.2) is 6.04 Å². The minimum absolute atomic E-state index is 0.242. The van der Waals surface area contributed by atoms with E-state index < -0.39 is 0 Å². The number of hydrogen-bond donors (Lipinski definition) is 1. The second-order valence-electron chi connectivity index (χ2n) is 5.27. The van der Waals surface area contributed by atoms with Crippen LogP contribution in [0.1, 0.15) is 33.1 Å². The maximum Gasteiger partial charge on any atom is 0.125 e. The Bertz CT molecular complexity index is 394. The predicted octanol–water partition coefficient (Wildman–Crippen LogP) is 4.72. The summed E-state index contributed by atoms with van der Waals surface area (Å²) in [6, 6.07) is 4.88. The van der Waals surface area contributed by atoms with E-state index in [1.807, 2.05) is 0 Å². The molecule has 0 aliphatic heterocycles. The van der Waals surface area contributed by atoms with Gasteiger partial charge in [0.15, 0.2) is 0 Å². The molecule has 1 aliphatic rings. The number of nitrogens with one attached hydrogen (secondary N) is 1. The monoisotopic (exact) mass is 255 g/mol. The second kappa shape index (κ2) is 5.26. The van der Waals surface area contributed by atoms with Gasteiger partial charge in [-0.2, -0.15) is 0 Å². The van der Waals surface area contributed by atoms with Crippen molar-refractivity contribution in [2.24, 2.45) is 11.8 Å². The van der Waals surface area contributed by atoms with Crippen molar-refractivity contribution in [2.75, 3.05) is 5.32 Å². The molecule has 1 nitrogen and oxygen atoms in total. The van der Waals surface area contributed by atoms with Crippen molar-refractivity contribution in [2.45, 2.75) is 39.2 Å². The molecule has 1 aromatic rings. The van der Waals surface area contributed by atoms with E-state index in [9.17, 15) is 4.39 Å². The van der Waals surface area contributed by atoms with Crippen LogP contribution in [0.3, 0.4) is 0 Å². The predicted molar refractivity (Wildman–Crippen MR) is 71.0 cm³/mol. The van der Waals surface area contributed by atoms with E-state index in [4.69, 9.17) is 11.6 Å². The zero-order valence-corrected chi connectivity index (χ0v) is 11.1. The molecule has 94 valence electrons. The largest absolute Gasteiger partial charge is 0.381 e. The van der Waals surface area contributed by atoms with Crippen LogP contribution in [0.25, 0.3) is 0 Å². The van der Waals surface area contributed by atoms with Crippen molar-refractivity contribution in [1.82, 2.24) is 0 Å². The maximum atomic E-state index is 13.2. The molecule has 2 rings (SSSR count). The molecular formula is C14H19ClFN. The molecule has 3 unspecified atom stereocenters. The van der Waals surface area contributed by atoms with Gasteiger partial charge in [-0.3, -0.25) is 0 Å². The van der Waals surface area contributed by atoms with Crippen LogP contribution in [0.5, 0.6) is 0 Å². The molecule has 0 aromatic heterocycles. The Morgan fingerprint density at radius 1 is 1.29 bits per heavy atom. The Labute approximate surface area is 107 Å². The summed E-state index contributed by atoms with van der Waals surface area (Å²) < 4.78 is 13.2. The lowest BCUT2D eigenvalue weighted by atomic mass is 9.80.